The minimum absolute atomic E-state index is 0.268. The van der Waals surface area contributed by atoms with E-state index >= 15 is 0 Å². The van der Waals surface area contributed by atoms with E-state index in [1.54, 1.807) is 0 Å². The van der Waals surface area contributed by atoms with Gasteiger partial charge in [-0.2, -0.15) is 0 Å². The van der Waals surface area contributed by atoms with Gasteiger partial charge in [0.25, 0.3) is 5.88 Å². The molecule has 1 rings (SSSR count). The van der Waals surface area contributed by atoms with Crippen molar-refractivity contribution in [1.82, 2.24) is 10.2 Å². The van der Waals surface area contributed by atoms with Gasteiger partial charge in [-0.25, -0.2) is 0 Å². The Morgan fingerprint density at radius 3 is 2.50 bits per heavy atom. The molecular formula is C4H4N3O. The molecule has 0 fully saturated rings. The highest BCUT2D eigenvalue weighted by Crippen LogP contribution is 2.01. The quantitative estimate of drug-likeness (QED) is 0.518. The summed E-state index contributed by atoms with van der Waals surface area (Å²) in [5, 5.41) is 16.6. The van der Waals surface area contributed by atoms with Crippen molar-refractivity contribution in [2.75, 3.05) is 5.73 Å². The Balaban J connectivity index is 3.03. The number of anilines is 1. The zero-order chi connectivity index (χ0) is 5.98. The lowest BCUT2D eigenvalue weighted by Crippen LogP contribution is -1.89. The number of aromatic nitrogens is 2. The molecule has 1 aromatic heterocycles. The van der Waals surface area contributed by atoms with E-state index in [2.05, 4.69) is 10.2 Å². The van der Waals surface area contributed by atoms with Crippen molar-refractivity contribution in [2.45, 2.75) is 0 Å². The fraction of sp³-hybridized carbons (Fsp3) is 0. The van der Waals surface area contributed by atoms with E-state index in [0.717, 1.165) is 0 Å². The minimum atomic E-state index is -0.362. The zero-order valence-corrected chi connectivity index (χ0v) is 4.03. The fourth-order valence-corrected chi connectivity index (χ4v) is 0.330. The first-order chi connectivity index (χ1) is 3.79. The van der Waals surface area contributed by atoms with Crippen LogP contribution in [0.3, 0.4) is 0 Å². The molecule has 0 aromatic carbocycles. The Bertz CT molecular complexity index is 150. The van der Waals surface area contributed by atoms with E-state index in [4.69, 9.17) is 5.73 Å². The SMILES string of the molecule is Nc1ccc([O])nn1. The van der Waals surface area contributed by atoms with Crippen LogP contribution >= 0.6 is 0 Å². The molecule has 1 heterocycles. The van der Waals surface area contributed by atoms with Crippen LogP contribution in [0, 0.1) is 0 Å². The molecule has 0 aliphatic rings. The van der Waals surface area contributed by atoms with E-state index in [1.165, 1.54) is 12.1 Å². The lowest BCUT2D eigenvalue weighted by Gasteiger charge is -1.84. The van der Waals surface area contributed by atoms with E-state index in [1.807, 2.05) is 0 Å². The van der Waals surface area contributed by atoms with Gasteiger partial charge in [0.05, 0.1) is 0 Å². The highest BCUT2D eigenvalue weighted by molar-refractivity contribution is 5.26. The molecule has 1 aromatic rings. The molecule has 0 saturated heterocycles. The average molecular weight is 110 g/mol. The molecule has 1 radical (unpaired) electrons. The molecular weight excluding hydrogens is 106 g/mol. The van der Waals surface area contributed by atoms with E-state index in [9.17, 15) is 5.11 Å². The predicted octanol–water partition coefficient (Wildman–Crippen LogP) is 0.203. The van der Waals surface area contributed by atoms with Crippen LogP contribution in [0.25, 0.3) is 0 Å². The van der Waals surface area contributed by atoms with Crippen molar-refractivity contribution in [3.8, 4) is 5.88 Å². The van der Waals surface area contributed by atoms with Crippen LogP contribution in [0.5, 0.6) is 5.88 Å². The van der Waals surface area contributed by atoms with Crippen molar-refractivity contribution < 1.29 is 5.11 Å². The molecule has 4 heteroatoms. The van der Waals surface area contributed by atoms with Crippen LogP contribution in [0.4, 0.5) is 5.82 Å². The summed E-state index contributed by atoms with van der Waals surface area (Å²) < 4.78 is 0. The number of nitrogens with two attached hydrogens (primary N) is 1. The largest absolute Gasteiger partial charge is 0.382 e. The normalized spacial score (nSPS) is 9.00. The van der Waals surface area contributed by atoms with Gasteiger partial charge in [-0.05, 0) is 6.07 Å². The summed E-state index contributed by atoms with van der Waals surface area (Å²) in [6, 6.07) is 2.68. The summed E-state index contributed by atoms with van der Waals surface area (Å²) in [7, 11) is 0. The number of hydrogen-bond acceptors (Lipinski definition) is 3. The zero-order valence-electron chi connectivity index (χ0n) is 4.03. The topological polar surface area (TPSA) is 71.7 Å². The van der Waals surface area contributed by atoms with Crippen LogP contribution in [0.2, 0.25) is 0 Å². The van der Waals surface area contributed by atoms with Crippen LogP contribution in [0.15, 0.2) is 12.1 Å². The van der Waals surface area contributed by atoms with Gasteiger partial charge >= 0.3 is 0 Å². The minimum Gasteiger partial charge on any atom is -0.382 e. The molecule has 41 valence electrons. The second-order valence-corrected chi connectivity index (χ2v) is 1.30. The highest BCUT2D eigenvalue weighted by atomic mass is 16.3. The van der Waals surface area contributed by atoms with Crippen LogP contribution in [-0.4, -0.2) is 10.2 Å². The molecule has 4 nitrogen and oxygen atoms in total. The summed E-state index contributed by atoms with van der Waals surface area (Å²) in [6.07, 6.45) is 0. The van der Waals surface area contributed by atoms with Gasteiger partial charge in [0.1, 0.15) is 5.82 Å². The molecule has 0 bridgehead atoms. The van der Waals surface area contributed by atoms with Gasteiger partial charge in [0.2, 0.25) is 0 Å². The summed E-state index contributed by atoms with van der Waals surface area (Å²) in [4.78, 5) is 0. The first-order valence-electron chi connectivity index (χ1n) is 2.05. The molecule has 0 aliphatic carbocycles. The van der Waals surface area contributed by atoms with Crippen LogP contribution < -0.4 is 5.73 Å². The number of rotatable bonds is 0. The van der Waals surface area contributed by atoms with Crippen LogP contribution in [0.1, 0.15) is 0 Å². The molecule has 0 aliphatic heterocycles. The molecule has 0 unspecified atom stereocenters. The summed E-state index contributed by atoms with van der Waals surface area (Å²) in [5.41, 5.74) is 5.11. The maximum atomic E-state index is 10.2. The van der Waals surface area contributed by atoms with Crippen molar-refractivity contribution in [1.29, 1.82) is 0 Å². The lowest BCUT2D eigenvalue weighted by atomic mass is 10.5. The molecule has 0 saturated carbocycles. The lowest BCUT2D eigenvalue weighted by molar-refractivity contribution is 0.332. The Morgan fingerprint density at radius 2 is 2.12 bits per heavy atom. The molecule has 2 N–H and O–H groups in total. The Labute approximate surface area is 46.0 Å². The van der Waals surface area contributed by atoms with Crippen molar-refractivity contribution >= 4 is 5.82 Å². The fourth-order valence-electron chi connectivity index (χ4n) is 0.330. The maximum absolute atomic E-state index is 10.2. The number of hydrogen-bond donors (Lipinski definition) is 1. The third kappa shape index (κ3) is 0.841. The molecule has 0 spiro atoms. The number of nitrogen functional groups attached to an aromatic ring is 1. The van der Waals surface area contributed by atoms with Gasteiger partial charge in [-0.1, -0.05) is 0 Å². The second kappa shape index (κ2) is 1.65. The monoisotopic (exact) mass is 110 g/mol. The highest BCUT2D eigenvalue weighted by Gasteiger charge is 1.88. The maximum Gasteiger partial charge on any atom is 0.288 e. The molecule has 0 amide bonds. The average Bonchev–Trinajstić information content (AvgIpc) is 1.77. The summed E-state index contributed by atoms with van der Waals surface area (Å²) >= 11 is 0. The van der Waals surface area contributed by atoms with Gasteiger partial charge < -0.3 is 5.73 Å². The summed E-state index contributed by atoms with van der Waals surface area (Å²) in [6.45, 7) is 0. The van der Waals surface area contributed by atoms with E-state index < -0.39 is 0 Å². The van der Waals surface area contributed by atoms with Crippen molar-refractivity contribution in [3.63, 3.8) is 0 Å². The van der Waals surface area contributed by atoms with Gasteiger partial charge in [0, 0.05) is 6.07 Å². The van der Waals surface area contributed by atoms with E-state index in [-0.39, 0.29) is 11.7 Å². The van der Waals surface area contributed by atoms with Gasteiger partial charge in [-0.15, -0.1) is 10.2 Å². The standard InChI is InChI=1S/C4H4N3O/c5-3-1-2-4(8)7-6-3/h1-2H,(H2,5,6). The first-order valence-corrected chi connectivity index (χ1v) is 2.05. The van der Waals surface area contributed by atoms with Crippen molar-refractivity contribution in [3.05, 3.63) is 12.1 Å². The smallest absolute Gasteiger partial charge is 0.288 e. The van der Waals surface area contributed by atoms with E-state index in [0.29, 0.717) is 0 Å². The van der Waals surface area contributed by atoms with Crippen molar-refractivity contribution in [2.24, 2.45) is 0 Å². The third-order valence-corrected chi connectivity index (χ3v) is 0.661. The molecule has 8 heavy (non-hydrogen) atoms. The Kier molecular flexibility index (Phi) is 0.997. The second-order valence-electron chi connectivity index (χ2n) is 1.30. The third-order valence-electron chi connectivity index (χ3n) is 0.661. The number of nitrogens with zero attached hydrogens (tertiary/aromatic N) is 2. The Morgan fingerprint density at radius 1 is 1.38 bits per heavy atom. The first kappa shape index (κ1) is 4.83. The molecule has 0 atom stereocenters. The van der Waals surface area contributed by atoms with Gasteiger partial charge in [-0.3, -0.25) is 5.11 Å². The van der Waals surface area contributed by atoms with Gasteiger partial charge in [0.15, 0.2) is 0 Å². The Hall–Kier alpha value is -1.32. The summed E-state index contributed by atoms with van der Waals surface area (Å²) in [5.74, 6) is -0.0937. The predicted molar refractivity (Wildman–Crippen MR) is 26.6 cm³/mol. The van der Waals surface area contributed by atoms with Crippen LogP contribution in [-0.2, 0) is 5.11 Å².